The van der Waals surface area contributed by atoms with Gasteiger partial charge in [-0.3, -0.25) is 4.79 Å². The molecule has 28 heavy (non-hydrogen) atoms. The van der Waals surface area contributed by atoms with Crippen molar-refractivity contribution in [3.05, 3.63) is 52.2 Å². The Bertz CT molecular complexity index is 954. The van der Waals surface area contributed by atoms with Crippen LogP contribution in [0.5, 0.6) is 5.75 Å². The average molecular weight is 424 g/mol. The zero-order valence-electron chi connectivity index (χ0n) is 15.4. The maximum Gasteiger partial charge on any atom is 0.328 e. The van der Waals surface area contributed by atoms with E-state index in [4.69, 9.17) is 4.74 Å². The minimum atomic E-state index is -4.10. The first-order chi connectivity index (χ1) is 13.4. The predicted molar refractivity (Wildman–Crippen MR) is 108 cm³/mol. The monoisotopic (exact) mass is 423 g/mol. The lowest BCUT2D eigenvalue weighted by atomic mass is 10.1. The van der Waals surface area contributed by atoms with E-state index < -0.39 is 16.1 Å². The maximum absolute atomic E-state index is 12.4. The number of amides is 3. The third kappa shape index (κ3) is 6.10. The largest absolute Gasteiger partial charge is 0.495 e. The van der Waals surface area contributed by atoms with E-state index in [1.807, 2.05) is 22.2 Å². The highest BCUT2D eigenvalue weighted by Gasteiger charge is 2.22. The standard InChI is InChI=1S/C18H21N3O5S2/c1-19-18(23)21-28(24,25)16-12-13(5-7-15(16)26-2)9-10-20-17(22)8-6-14-4-3-11-27-14/h3-8,11-12H,9-10H2,1-2H3,(H,20,22)(H2,19,21,23)/b8-6+. The molecule has 3 N–H and O–H groups in total. The minimum absolute atomic E-state index is 0.114. The van der Waals surface area contributed by atoms with Crippen LogP contribution in [0.15, 0.2) is 46.7 Å². The Morgan fingerprint density at radius 1 is 1.25 bits per heavy atom. The van der Waals surface area contributed by atoms with Gasteiger partial charge in [0.05, 0.1) is 7.11 Å². The Labute approximate surface area is 167 Å². The van der Waals surface area contributed by atoms with Crippen LogP contribution < -0.4 is 20.1 Å². The molecular formula is C18H21N3O5S2. The number of hydrogen-bond donors (Lipinski definition) is 3. The summed E-state index contributed by atoms with van der Waals surface area (Å²) in [6.45, 7) is 0.322. The Morgan fingerprint density at radius 3 is 2.68 bits per heavy atom. The Morgan fingerprint density at radius 2 is 2.04 bits per heavy atom. The molecule has 0 saturated carbocycles. The van der Waals surface area contributed by atoms with Crippen molar-refractivity contribution in [1.29, 1.82) is 0 Å². The van der Waals surface area contributed by atoms with Gasteiger partial charge in [0.15, 0.2) is 0 Å². The molecule has 0 aliphatic carbocycles. The molecule has 10 heteroatoms. The predicted octanol–water partition coefficient (Wildman–Crippen LogP) is 1.75. The molecule has 0 aliphatic heterocycles. The second-order valence-corrected chi connectivity index (χ2v) is 8.19. The quantitative estimate of drug-likeness (QED) is 0.560. The fraction of sp³-hybridized carbons (Fsp3) is 0.222. The molecule has 150 valence electrons. The van der Waals surface area contributed by atoms with Gasteiger partial charge in [0.25, 0.3) is 10.0 Å². The summed E-state index contributed by atoms with van der Waals surface area (Å²) in [5.74, 6) is -0.126. The Hall–Kier alpha value is -2.85. The summed E-state index contributed by atoms with van der Waals surface area (Å²) in [5, 5.41) is 6.85. The number of ether oxygens (including phenoxy) is 1. The first-order valence-corrected chi connectivity index (χ1v) is 10.6. The number of benzene rings is 1. The number of thiophene rings is 1. The summed E-state index contributed by atoms with van der Waals surface area (Å²) in [5.41, 5.74) is 0.667. The van der Waals surface area contributed by atoms with Gasteiger partial charge >= 0.3 is 6.03 Å². The van der Waals surface area contributed by atoms with Crippen LogP contribution in [0, 0.1) is 0 Å². The highest BCUT2D eigenvalue weighted by atomic mass is 32.2. The molecule has 1 aromatic carbocycles. The molecule has 1 heterocycles. The van der Waals surface area contributed by atoms with Crippen LogP contribution >= 0.6 is 11.3 Å². The molecule has 1 aromatic heterocycles. The number of urea groups is 1. The highest BCUT2D eigenvalue weighted by Crippen LogP contribution is 2.25. The van der Waals surface area contributed by atoms with Crippen LogP contribution in [-0.4, -0.2) is 41.1 Å². The summed E-state index contributed by atoms with van der Waals surface area (Å²) in [7, 11) is -1.44. The average Bonchev–Trinajstić information content (AvgIpc) is 3.19. The lowest BCUT2D eigenvalue weighted by Gasteiger charge is -2.12. The molecule has 0 spiro atoms. The number of nitrogens with one attached hydrogen (secondary N) is 3. The van der Waals surface area contributed by atoms with Crippen molar-refractivity contribution in [2.75, 3.05) is 20.7 Å². The number of hydrogen-bond acceptors (Lipinski definition) is 6. The molecule has 0 aliphatic rings. The number of rotatable bonds is 8. The smallest absolute Gasteiger partial charge is 0.328 e. The van der Waals surface area contributed by atoms with E-state index in [0.29, 0.717) is 18.5 Å². The van der Waals surface area contributed by atoms with E-state index in [9.17, 15) is 18.0 Å². The van der Waals surface area contributed by atoms with Gasteiger partial charge < -0.3 is 15.4 Å². The number of sulfonamides is 1. The summed E-state index contributed by atoms with van der Waals surface area (Å²) in [6, 6.07) is 7.57. The summed E-state index contributed by atoms with van der Waals surface area (Å²) >= 11 is 1.53. The Balaban J connectivity index is 2.02. The molecular weight excluding hydrogens is 402 g/mol. The molecule has 8 nitrogen and oxygen atoms in total. The van der Waals surface area contributed by atoms with Crippen LogP contribution in [-0.2, 0) is 21.2 Å². The van der Waals surface area contributed by atoms with E-state index >= 15 is 0 Å². The second-order valence-electron chi connectivity index (χ2n) is 5.56. The SMILES string of the molecule is CNC(=O)NS(=O)(=O)c1cc(CCNC(=O)/C=C/c2cccs2)ccc1OC. The molecule has 0 fully saturated rings. The van der Waals surface area contributed by atoms with E-state index in [2.05, 4.69) is 10.6 Å². The van der Waals surface area contributed by atoms with Crippen molar-refractivity contribution in [1.82, 2.24) is 15.4 Å². The van der Waals surface area contributed by atoms with Gasteiger partial charge in [-0.05, 0) is 41.6 Å². The summed E-state index contributed by atoms with van der Waals surface area (Å²) in [4.78, 5) is 24.1. The zero-order chi connectivity index (χ0) is 20.6. The molecule has 2 aromatic rings. The van der Waals surface area contributed by atoms with Crippen LogP contribution in [0.2, 0.25) is 0 Å². The van der Waals surface area contributed by atoms with Gasteiger partial charge in [0.2, 0.25) is 5.91 Å². The number of methoxy groups -OCH3 is 1. The Kier molecular flexibility index (Phi) is 7.59. The minimum Gasteiger partial charge on any atom is -0.495 e. The fourth-order valence-corrected chi connectivity index (χ4v) is 4.04. The molecule has 0 bridgehead atoms. The third-order valence-corrected chi connectivity index (χ3v) is 5.82. The molecule has 0 atom stereocenters. The second kappa shape index (κ2) is 9.90. The van der Waals surface area contributed by atoms with Crippen molar-refractivity contribution in [2.45, 2.75) is 11.3 Å². The van der Waals surface area contributed by atoms with Crippen molar-refractivity contribution in [2.24, 2.45) is 0 Å². The van der Waals surface area contributed by atoms with Gasteiger partial charge in [-0.1, -0.05) is 12.1 Å². The van der Waals surface area contributed by atoms with Gasteiger partial charge in [-0.2, -0.15) is 0 Å². The molecule has 3 amide bonds. The van der Waals surface area contributed by atoms with Crippen molar-refractivity contribution >= 4 is 39.4 Å². The lowest BCUT2D eigenvalue weighted by Crippen LogP contribution is -2.37. The fourth-order valence-electron chi connectivity index (χ4n) is 2.25. The number of carbonyl (C=O) groups excluding carboxylic acids is 2. The highest BCUT2D eigenvalue weighted by molar-refractivity contribution is 7.90. The number of carbonyl (C=O) groups is 2. The van der Waals surface area contributed by atoms with Crippen LogP contribution in [0.3, 0.4) is 0 Å². The van der Waals surface area contributed by atoms with Crippen molar-refractivity contribution < 1.29 is 22.7 Å². The van der Waals surface area contributed by atoms with E-state index in [0.717, 1.165) is 4.88 Å². The van der Waals surface area contributed by atoms with E-state index in [-0.39, 0.29) is 16.6 Å². The normalized spacial score (nSPS) is 11.2. The van der Waals surface area contributed by atoms with Gasteiger partial charge in [-0.15, -0.1) is 11.3 Å². The van der Waals surface area contributed by atoms with Gasteiger partial charge in [0, 0.05) is 24.5 Å². The first-order valence-electron chi connectivity index (χ1n) is 8.26. The lowest BCUT2D eigenvalue weighted by molar-refractivity contribution is -0.116. The third-order valence-electron chi connectivity index (χ3n) is 3.63. The van der Waals surface area contributed by atoms with Crippen molar-refractivity contribution in [3.63, 3.8) is 0 Å². The van der Waals surface area contributed by atoms with Crippen LogP contribution in [0.4, 0.5) is 4.79 Å². The topological polar surface area (TPSA) is 114 Å². The molecule has 0 unspecified atom stereocenters. The van der Waals surface area contributed by atoms with Crippen LogP contribution in [0.1, 0.15) is 10.4 Å². The molecule has 2 rings (SSSR count). The van der Waals surface area contributed by atoms with Gasteiger partial charge in [0.1, 0.15) is 10.6 Å². The van der Waals surface area contributed by atoms with Gasteiger partial charge in [-0.25, -0.2) is 17.9 Å². The van der Waals surface area contributed by atoms with E-state index in [1.165, 1.54) is 43.7 Å². The zero-order valence-corrected chi connectivity index (χ0v) is 17.0. The molecule has 0 saturated heterocycles. The first kappa shape index (κ1) is 21.5. The van der Waals surface area contributed by atoms with Crippen LogP contribution in [0.25, 0.3) is 6.08 Å². The summed E-state index contributed by atoms with van der Waals surface area (Å²) in [6.07, 6.45) is 3.58. The van der Waals surface area contributed by atoms with Crippen molar-refractivity contribution in [3.8, 4) is 5.75 Å². The maximum atomic E-state index is 12.4. The molecule has 0 radical (unpaired) electrons. The van der Waals surface area contributed by atoms with E-state index in [1.54, 1.807) is 12.1 Å². The summed E-state index contributed by atoms with van der Waals surface area (Å²) < 4.78 is 31.7.